The van der Waals surface area contributed by atoms with Crippen molar-refractivity contribution < 1.29 is 4.85 Å². The minimum absolute atomic E-state index is 0.431. The molecule has 0 bridgehead atoms. The van der Waals surface area contributed by atoms with E-state index in [0.717, 1.165) is 0 Å². The van der Waals surface area contributed by atoms with Gasteiger partial charge in [-0.15, -0.1) is 0 Å². The van der Waals surface area contributed by atoms with Crippen LogP contribution >= 0.6 is 0 Å². The summed E-state index contributed by atoms with van der Waals surface area (Å²) >= 11 is 0. The molecule has 0 aromatic carbocycles. The van der Waals surface area contributed by atoms with Crippen LogP contribution in [0.25, 0.3) is 0 Å². The molecule has 1 rings (SSSR count). The lowest BCUT2D eigenvalue weighted by Gasteiger charge is -1.95. The number of nitrogens with zero attached hydrogens (tertiary/aromatic N) is 3. The topological polar surface area (TPSA) is 64.2 Å². The molecule has 1 N–H and O–H groups in total. The van der Waals surface area contributed by atoms with Crippen LogP contribution in [0.4, 0.5) is 5.82 Å². The Morgan fingerprint density at radius 2 is 2.64 bits per heavy atom. The van der Waals surface area contributed by atoms with E-state index in [1.165, 1.54) is 6.20 Å². The van der Waals surface area contributed by atoms with Crippen molar-refractivity contribution in [2.24, 2.45) is 5.10 Å². The third-order valence-electron chi connectivity index (χ3n) is 0.982. The van der Waals surface area contributed by atoms with Crippen LogP contribution in [0.3, 0.4) is 0 Å². The number of hydrogen-bond donors (Lipinski definition) is 1. The molecule has 0 aliphatic heterocycles. The van der Waals surface area contributed by atoms with Gasteiger partial charge in [0.15, 0.2) is 0 Å². The number of aromatic nitrogens is 2. The Labute approximate surface area is 63.9 Å². The number of nitrogens with one attached hydrogen (secondary N) is 1. The van der Waals surface area contributed by atoms with E-state index in [2.05, 4.69) is 15.6 Å². The van der Waals surface area contributed by atoms with Gasteiger partial charge in [0.1, 0.15) is 0 Å². The standard InChI is InChI=1S/C6H8N4O/c1-2-7-8-6-4-3-5-10(11)9-6/h2-5H,1H3,(H,8,9)/b7-2+. The van der Waals surface area contributed by atoms with E-state index < -0.39 is 0 Å². The first-order chi connectivity index (χ1) is 5.33. The Kier molecular flexibility index (Phi) is 2.37. The van der Waals surface area contributed by atoms with Gasteiger partial charge in [-0.25, -0.2) is 0 Å². The monoisotopic (exact) mass is 152 g/mol. The van der Waals surface area contributed by atoms with Gasteiger partial charge in [-0.3, -0.25) is 5.43 Å². The molecule has 0 unspecified atom stereocenters. The van der Waals surface area contributed by atoms with Crippen molar-refractivity contribution in [3.8, 4) is 0 Å². The maximum absolute atomic E-state index is 10.6. The summed E-state index contributed by atoms with van der Waals surface area (Å²) in [6.07, 6.45) is 2.88. The van der Waals surface area contributed by atoms with Gasteiger partial charge in [-0.1, -0.05) is 4.85 Å². The second-order valence-corrected chi connectivity index (χ2v) is 1.80. The summed E-state index contributed by atoms with van der Waals surface area (Å²) in [5.74, 6) is 0.431. The first-order valence-corrected chi connectivity index (χ1v) is 3.13. The minimum atomic E-state index is 0.431. The van der Waals surface area contributed by atoms with E-state index in [1.54, 1.807) is 25.3 Å². The molecular weight excluding hydrogens is 144 g/mol. The van der Waals surface area contributed by atoms with E-state index >= 15 is 0 Å². The van der Waals surface area contributed by atoms with Crippen LogP contribution in [-0.2, 0) is 0 Å². The van der Waals surface area contributed by atoms with Gasteiger partial charge >= 0.3 is 0 Å². The van der Waals surface area contributed by atoms with Gasteiger partial charge in [0.05, 0.1) is 0 Å². The molecule has 1 aromatic heterocycles. The van der Waals surface area contributed by atoms with Crippen LogP contribution in [0, 0.1) is 5.21 Å². The molecule has 0 aliphatic rings. The first kappa shape index (κ1) is 7.46. The smallest absolute Gasteiger partial charge is 0.215 e. The highest BCUT2D eigenvalue weighted by molar-refractivity contribution is 5.54. The molecule has 1 heterocycles. The normalized spacial score (nSPS) is 10.3. The van der Waals surface area contributed by atoms with Gasteiger partial charge in [0, 0.05) is 17.4 Å². The van der Waals surface area contributed by atoms with Gasteiger partial charge in [-0.05, 0) is 13.0 Å². The highest BCUT2D eigenvalue weighted by Crippen LogP contribution is 1.94. The Balaban J connectivity index is 2.71. The largest absolute Gasteiger partial charge is 0.594 e. The molecule has 0 atom stereocenters. The van der Waals surface area contributed by atoms with Gasteiger partial charge in [0.2, 0.25) is 12.0 Å². The highest BCUT2D eigenvalue weighted by Gasteiger charge is 1.93. The fourth-order valence-electron chi connectivity index (χ4n) is 0.571. The van der Waals surface area contributed by atoms with Crippen molar-refractivity contribution in [2.75, 3.05) is 5.43 Å². The molecule has 1 aromatic rings. The molecule has 11 heavy (non-hydrogen) atoms. The van der Waals surface area contributed by atoms with Crippen molar-refractivity contribution in [2.45, 2.75) is 6.92 Å². The Morgan fingerprint density at radius 3 is 3.27 bits per heavy atom. The average molecular weight is 152 g/mol. The quantitative estimate of drug-likeness (QED) is 0.283. The van der Waals surface area contributed by atoms with Crippen molar-refractivity contribution in [1.29, 1.82) is 0 Å². The summed E-state index contributed by atoms with van der Waals surface area (Å²) in [6.45, 7) is 1.77. The fourth-order valence-corrected chi connectivity index (χ4v) is 0.571. The van der Waals surface area contributed by atoms with Gasteiger partial charge < -0.3 is 5.21 Å². The number of hydrazone groups is 1. The van der Waals surface area contributed by atoms with Crippen molar-refractivity contribution >= 4 is 12.0 Å². The van der Waals surface area contributed by atoms with E-state index in [0.29, 0.717) is 10.7 Å². The number of anilines is 1. The Morgan fingerprint density at radius 1 is 1.82 bits per heavy atom. The van der Waals surface area contributed by atoms with Crippen molar-refractivity contribution in [1.82, 2.24) is 5.10 Å². The van der Waals surface area contributed by atoms with Crippen LogP contribution in [0.2, 0.25) is 0 Å². The molecular formula is C6H8N4O. The van der Waals surface area contributed by atoms with Crippen LogP contribution in [0.1, 0.15) is 6.92 Å². The van der Waals surface area contributed by atoms with Crippen molar-refractivity contribution in [3.63, 3.8) is 0 Å². The van der Waals surface area contributed by atoms with E-state index in [9.17, 15) is 5.21 Å². The summed E-state index contributed by atoms with van der Waals surface area (Å²) in [6, 6.07) is 3.24. The molecule has 0 fully saturated rings. The van der Waals surface area contributed by atoms with Gasteiger partial charge in [-0.2, -0.15) is 5.10 Å². The van der Waals surface area contributed by atoms with Gasteiger partial charge in [0.25, 0.3) is 0 Å². The number of hydrogen-bond acceptors (Lipinski definition) is 4. The lowest BCUT2D eigenvalue weighted by molar-refractivity contribution is -0.667. The minimum Gasteiger partial charge on any atom is -0.594 e. The Bertz CT molecular complexity index is 261. The summed E-state index contributed by atoms with van der Waals surface area (Å²) < 4.78 is 0. The second-order valence-electron chi connectivity index (χ2n) is 1.80. The predicted octanol–water partition coefficient (Wildman–Crippen LogP) is 0.133. The van der Waals surface area contributed by atoms with Crippen molar-refractivity contribution in [3.05, 3.63) is 23.5 Å². The molecule has 0 spiro atoms. The zero-order chi connectivity index (χ0) is 8.10. The molecule has 0 amide bonds. The third kappa shape index (κ3) is 2.21. The maximum atomic E-state index is 10.6. The lowest BCUT2D eigenvalue weighted by atomic mass is 10.5. The number of rotatable bonds is 2. The summed E-state index contributed by atoms with van der Waals surface area (Å²) in [5, 5.41) is 17.8. The molecule has 5 heteroatoms. The second kappa shape index (κ2) is 3.50. The molecule has 5 nitrogen and oxygen atoms in total. The SMILES string of the molecule is C/C=N/Nc1ccc[n+]([O-])n1. The summed E-state index contributed by atoms with van der Waals surface area (Å²) in [7, 11) is 0. The maximum Gasteiger partial charge on any atom is 0.215 e. The molecule has 0 saturated carbocycles. The highest BCUT2D eigenvalue weighted by atomic mass is 16.5. The summed E-state index contributed by atoms with van der Waals surface area (Å²) in [4.78, 5) is 0.466. The molecule has 0 aliphatic carbocycles. The lowest BCUT2D eigenvalue weighted by Crippen LogP contribution is -2.30. The van der Waals surface area contributed by atoms with E-state index in [4.69, 9.17) is 0 Å². The van der Waals surface area contributed by atoms with Crippen LogP contribution < -0.4 is 10.3 Å². The first-order valence-electron chi connectivity index (χ1n) is 3.13. The van der Waals surface area contributed by atoms with E-state index in [1.807, 2.05) is 0 Å². The van der Waals surface area contributed by atoms with E-state index in [-0.39, 0.29) is 0 Å². The molecule has 0 radical (unpaired) electrons. The molecule has 58 valence electrons. The summed E-state index contributed by atoms with van der Waals surface area (Å²) in [5.41, 5.74) is 2.57. The van der Waals surface area contributed by atoms with Crippen LogP contribution in [-0.4, -0.2) is 11.3 Å². The van der Waals surface area contributed by atoms with Crippen LogP contribution in [0.5, 0.6) is 0 Å². The average Bonchev–Trinajstić information content (AvgIpc) is 2.01. The predicted molar refractivity (Wildman–Crippen MR) is 41.0 cm³/mol. The molecule has 0 saturated heterocycles. The van der Waals surface area contributed by atoms with Crippen LogP contribution in [0.15, 0.2) is 23.4 Å². The zero-order valence-corrected chi connectivity index (χ0v) is 6.06. The zero-order valence-electron chi connectivity index (χ0n) is 6.06. The fraction of sp³-hybridized carbons (Fsp3) is 0.167. The third-order valence-corrected chi connectivity index (χ3v) is 0.982. The Hall–Kier alpha value is -1.65.